The molecule has 0 aliphatic rings. The summed E-state index contributed by atoms with van der Waals surface area (Å²) in [5, 5.41) is 0. The number of rotatable bonds is 7. The van der Waals surface area contributed by atoms with Crippen LogP contribution in [0.15, 0.2) is 29.2 Å². The first-order valence-corrected chi connectivity index (χ1v) is 7.97. The molecule has 1 aromatic rings. The van der Waals surface area contributed by atoms with Crippen LogP contribution in [0.25, 0.3) is 0 Å². The first-order valence-electron chi connectivity index (χ1n) is 7.23. The van der Waals surface area contributed by atoms with Gasteiger partial charge in [0.2, 0.25) is 0 Å². The third-order valence-corrected chi connectivity index (χ3v) is 3.30. The Morgan fingerprint density at radius 1 is 1.00 bits per heavy atom. The summed E-state index contributed by atoms with van der Waals surface area (Å²) in [6.45, 7) is 6.97. The fourth-order valence-corrected chi connectivity index (χ4v) is 1.86. The second-order valence-electron chi connectivity index (χ2n) is 5.40. The van der Waals surface area contributed by atoms with Crippen molar-refractivity contribution in [2.24, 2.45) is 11.8 Å². The highest BCUT2D eigenvalue weighted by molar-refractivity contribution is 7.94. The molecule has 0 aliphatic carbocycles. The van der Waals surface area contributed by atoms with Crippen LogP contribution in [0.5, 0.6) is 5.75 Å². The Hall–Kier alpha value is -1.73. The number of ether oxygens (including phenoxy) is 3. The highest BCUT2D eigenvalue weighted by Gasteiger charge is 2.25. The third kappa shape index (κ3) is 6.92. The van der Waals surface area contributed by atoms with Crippen molar-refractivity contribution in [2.75, 3.05) is 7.11 Å². The molecular formula is C16H22O6S. The van der Waals surface area contributed by atoms with Crippen LogP contribution in [0.2, 0.25) is 0 Å². The van der Waals surface area contributed by atoms with Crippen LogP contribution in [-0.4, -0.2) is 25.5 Å². The number of hydrogen-bond donors (Lipinski definition) is 0. The molecular weight excluding hydrogens is 320 g/mol. The van der Waals surface area contributed by atoms with Crippen LogP contribution in [0.3, 0.4) is 0 Å². The van der Waals surface area contributed by atoms with Gasteiger partial charge in [-0.15, -0.1) is 0 Å². The number of benzene rings is 1. The van der Waals surface area contributed by atoms with E-state index in [2.05, 4.69) is 0 Å². The molecule has 0 saturated heterocycles. The number of hydrogen-bond acceptors (Lipinski definition) is 7. The zero-order chi connectivity index (χ0) is 17.4. The van der Waals surface area contributed by atoms with Crippen molar-refractivity contribution < 1.29 is 28.0 Å². The van der Waals surface area contributed by atoms with Gasteiger partial charge in [0.05, 0.1) is 13.0 Å². The SMILES string of the molecule is COSc1ccc(OC(=O)OC(OC(=O)C(C)C)C(C)C)cc1. The van der Waals surface area contributed by atoms with Crippen molar-refractivity contribution in [1.82, 2.24) is 0 Å². The van der Waals surface area contributed by atoms with E-state index in [1.165, 1.54) is 12.0 Å². The van der Waals surface area contributed by atoms with Gasteiger partial charge in [0, 0.05) is 22.9 Å². The lowest BCUT2D eigenvalue weighted by Gasteiger charge is -2.21. The van der Waals surface area contributed by atoms with Gasteiger partial charge >= 0.3 is 12.1 Å². The lowest BCUT2D eigenvalue weighted by Crippen LogP contribution is -2.32. The molecule has 0 N–H and O–H groups in total. The third-order valence-electron chi connectivity index (χ3n) is 2.66. The molecule has 0 aliphatic heterocycles. The Morgan fingerprint density at radius 2 is 1.61 bits per heavy atom. The zero-order valence-electron chi connectivity index (χ0n) is 13.9. The maximum atomic E-state index is 11.8. The Balaban J connectivity index is 2.59. The molecule has 1 aromatic carbocycles. The molecule has 0 aromatic heterocycles. The van der Waals surface area contributed by atoms with Gasteiger partial charge in [-0.05, 0) is 24.3 Å². The van der Waals surface area contributed by atoms with Gasteiger partial charge in [0.15, 0.2) is 0 Å². The van der Waals surface area contributed by atoms with Crippen molar-refractivity contribution >= 4 is 24.2 Å². The lowest BCUT2D eigenvalue weighted by atomic mass is 10.2. The van der Waals surface area contributed by atoms with Crippen LogP contribution >= 0.6 is 12.0 Å². The Bertz CT molecular complexity index is 512. The van der Waals surface area contributed by atoms with Crippen molar-refractivity contribution in [3.8, 4) is 5.75 Å². The van der Waals surface area contributed by atoms with Gasteiger partial charge in [-0.2, -0.15) is 0 Å². The quantitative estimate of drug-likeness (QED) is 0.320. The molecule has 0 heterocycles. The van der Waals surface area contributed by atoms with Crippen LogP contribution in [0.4, 0.5) is 4.79 Å². The van der Waals surface area contributed by atoms with Gasteiger partial charge in [-0.3, -0.25) is 4.79 Å². The molecule has 6 nitrogen and oxygen atoms in total. The number of carbonyl (C=O) groups excluding carboxylic acids is 2. The standard InChI is InChI=1S/C16H22O6S/c1-10(2)14(17)21-15(11(3)4)22-16(18)20-12-6-8-13(9-7-12)23-19-5/h6-11,15H,1-5H3. The monoisotopic (exact) mass is 342 g/mol. The molecule has 0 saturated carbocycles. The summed E-state index contributed by atoms with van der Waals surface area (Å²) in [6.07, 6.45) is -1.91. The summed E-state index contributed by atoms with van der Waals surface area (Å²) in [6, 6.07) is 6.73. The van der Waals surface area contributed by atoms with E-state index in [1.807, 2.05) is 0 Å². The summed E-state index contributed by atoms with van der Waals surface area (Å²) >= 11 is 1.20. The van der Waals surface area contributed by atoms with Crippen LogP contribution < -0.4 is 4.74 Å². The molecule has 23 heavy (non-hydrogen) atoms. The van der Waals surface area contributed by atoms with Gasteiger partial charge in [-0.25, -0.2) is 4.79 Å². The highest BCUT2D eigenvalue weighted by Crippen LogP contribution is 2.22. The van der Waals surface area contributed by atoms with Crippen LogP contribution in [0.1, 0.15) is 27.7 Å². The molecule has 1 unspecified atom stereocenters. The van der Waals surface area contributed by atoms with Crippen molar-refractivity contribution in [2.45, 2.75) is 38.9 Å². The Labute approximate surface area is 140 Å². The smallest absolute Gasteiger partial charge is 0.425 e. The van der Waals surface area contributed by atoms with Crippen LogP contribution in [-0.2, 0) is 18.5 Å². The first-order chi connectivity index (χ1) is 10.8. The van der Waals surface area contributed by atoms with E-state index in [4.69, 9.17) is 18.4 Å². The molecule has 128 valence electrons. The van der Waals surface area contributed by atoms with Gasteiger partial charge in [0.1, 0.15) is 5.75 Å². The minimum Gasteiger partial charge on any atom is -0.425 e. The maximum absolute atomic E-state index is 11.8. The minimum atomic E-state index is -0.985. The molecule has 1 atom stereocenters. The summed E-state index contributed by atoms with van der Waals surface area (Å²) in [5.74, 6) is -0.599. The summed E-state index contributed by atoms with van der Waals surface area (Å²) < 4.78 is 20.2. The Morgan fingerprint density at radius 3 is 2.09 bits per heavy atom. The average Bonchev–Trinajstić information content (AvgIpc) is 2.48. The van der Waals surface area contributed by atoms with Crippen molar-refractivity contribution in [1.29, 1.82) is 0 Å². The van der Waals surface area contributed by atoms with Gasteiger partial charge in [-0.1, -0.05) is 27.7 Å². The second kappa shape index (κ2) is 9.42. The summed E-state index contributed by atoms with van der Waals surface area (Å²) in [5.41, 5.74) is 0. The van der Waals surface area contributed by atoms with E-state index in [1.54, 1.807) is 59.1 Å². The minimum absolute atomic E-state index is 0.189. The predicted molar refractivity (Wildman–Crippen MR) is 86.0 cm³/mol. The fraction of sp³-hybridized carbons (Fsp3) is 0.500. The van der Waals surface area contributed by atoms with E-state index in [-0.39, 0.29) is 11.8 Å². The van der Waals surface area contributed by atoms with Gasteiger partial charge < -0.3 is 18.4 Å². The van der Waals surface area contributed by atoms with Crippen LogP contribution in [0, 0.1) is 11.8 Å². The second-order valence-corrected chi connectivity index (χ2v) is 6.37. The molecule has 1 rings (SSSR count). The summed E-state index contributed by atoms with van der Waals surface area (Å²) in [4.78, 5) is 24.3. The largest absolute Gasteiger partial charge is 0.516 e. The first kappa shape index (κ1) is 19.3. The van der Waals surface area contributed by atoms with Gasteiger partial charge in [0.25, 0.3) is 6.29 Å². The highest BCUT2D eigenvalue weighted by atomic mass is 32.2. The van der Waals surface area contributed by atoms with E-state index >= 15 is 0 Å². The molecule has 0 amide bonds. The van der Waals surface area contributed by atoms with Crippen molar-refractivity contribution in [3.05, 3.63) is 24.3 Å². The molecule has 0 radical (unpaired) electrons. The summed E-state index contributed by atoms with van der Waals surface area (Å²) in [7, 11) is 1.57. The molecule has 0 fully saturated rings. The van der Waals surface area contributed by atoms with Crippen molar-refractivity contribution in [3.63, 3.8) is 0 Å². The Kier molecular flexibility index (Phi) is 7.91. The topological polar surface area (TPSA) is 71.1 Å². The average molecular weight is 342 g/mol. The number of carbonyl (C=O) groups is 2. The van der Waals surface area contributed by atoms with E-state index in [9.17, 15) is 9.59 Å². The fourth-order valence-electron chi connectivity index (χ4n) is 1.42. The predicted octanol–water partition coefficient (Wildman–Crippen LogP) is 4.04. The van der Waals surface area contributed by atoms with E-state index in [0.717, 1.165) is 4.90 Å². The zero-order valence-corrected chi connectivity index (χ0v) is 14.7. The van der Waals surface area contributed by atoms with E-state index in [0.29, 0.717) is 5.75 Å². The number of esters is 1. The molecule has 0 bridgehead atoms. The molecule has 7 heteroatoms. The normalized spacial score (nSPS) is 12.1. The maximum Gasteiger partial charge on any atom is 0.516 e. The molecule has 0 spiro atoms. The van der Waals surface area contributed by atoms with E-state index < -0.39 is 18.4 Å². The lowest BCUT2D eigenvalue weighted by molar-refractivity contribution is -0.180.